The molecule has 1 spiro atoms. The van der Waals surface area contributed by atoms with Gasteiger partial charge < -0.3 is 14.4 Å². The second kappa shape index (κ2) is 8.75. The van der Waals surface area contributed by atoms with E-state index in [1.807, 2.05) is 4.90 Å². The molecule has 1 amide bonds. The van der Waals surface area contributed by atoms with Crippen molar-refractivity contribution >= 4 is 15.9 Å². The lowest BCUT2D eigenvalue weighted by molar-refractivity contribution is -0.124. The Balaban J connectivity index is 1.52. The van der Waals surface area contributed by atoms with E-state index in [0.29, 0.717) is 43.6 Å². The van der Waals surface area contributed by atoms with Crippen molar-refractivity contribution in [1.29, 1.82) is 0 Å². The van der Waals surface area contributed by atoms with Crippen LogP contribution in [-0.4, -0.2) is 69.4 Å². The van der Waals surface area contributed by atoms with E-state index in [9.17, 15) is 13.2 Å². The number of piperidine rings is 1. The van der Waals surface area contributed by atoms with Crippen molar-refractivity contribution in [2.24, 2.45) is 5.92 Å². The minimum Gasteiger partial charge on any atom is -0.481 e. The molecule has 2 aliphatic heterocycles. The number of amides is 1. The number of pyridine rings is 1. The van der Waals surface area contributed by atoms with Crippen molar-refractivity contribution in [3.05, 3.63) is 23.9 Å². The van der Waals surface area contributed by atoms with Crippen LogP contribution in [0.1, 0.15) is 42.5 Å². The van der Waals surface area contributed by atoms with Crippen molar-refractivity contribution in [3.63, 3.8) is 0 Å². The van der Waals surface area contributed by atoms with Crippen LogP contribution in [0, 0.1) is 5.92 Å². The Kier molecular flexibility index (Phi) is 6.57. The van der Waals surface area contributed by atoms with Crippen molar-refractivity contribution in [1.82, 2.24) is 14.6 Å². The molecule has 0 bridgehead atoms. The number of nitrogens with zero attached hydrogens (tertiary/aromatic N) is 2. The van der Waals surface area contributed by atoms with Gasteiger partial charge in [-0.2, -0.15) is 0 Å². The highest BCUT2D eigenvalue weighted by molar-refractivity contribution is 7.88. The molecule has 3 rings (SSSR count). The Labute approximate surface area is 166 Å². The number of methoxy groups -OCH3 is 1. The second-order valence-corrected chi connectivity index (χ2v) is 9.56. The van der Waals surface area contributed by atoms with Crippen LogP contribution in [0.5, 0.6) is 5.88 Å². The minimum absolute atomic E-state index is 0.0188. The van der Waals surface area contributed by atoms with Crippen LogP contribution in [0.25, 0.3) is 0 Å². The third-order valence-electron chi connectivity index (χ3n) is 5.67. The number of nitrogens with one attached hydrogen (secondary N) is 1. The maximum atomic E-state index is 12.7. The van der Waals surface area contributed by atoms with Gasteiger partial charge in [0.25, 0.3) is 5.91 Å². The van der Waals surface area contributed by atoms with Gasteiger partial charge in [-0.3, -0.25) is 4.79 Å². The number of hydrogen-bond donors (Lipinski definition) is 1. The monoisotopic (exact) mass is 411 g/mol. The average molecular weight is 412 g/mol. The SMILES string of the molecule is COc1ccc(C(=O)N2CCC3(CC2)CC(CCNS(C)(=O)=O)CCO3)cn1. The lowest BCUT2D eigenvalue weighted by Crippen LogP contribution is -2.51. The van der Waals surface area contributed by atoms with Crippen LogP contribution in [-0.2, 0) is 14.8 Å². The molecule has 2 aliphatic rings. The first-order valence-corrected chi connectivity index (χ1v) is 11.6. The highest BCUT2D eigenvalue weighted by atomic mass is 32.2. The molecule has 1 aromatic rings. The van der Waals surface area contributed by atoms with Gasteiger partial charge in [0.1, 0.15) is 0 Å². The molecular weight excluding hydrogens is 382 g/mol. The molecule has 2 saturated heterocycles. The molecule has 0 radical (unpaired) electrons. The summed E-state index contributed by atoms with van der Waals surface area (Å²) in [5.74, 6) is 0.909. The number of hydrogen-bond acceptors (Lipinski definition) is 6. The molecule has 1 unspecified atom stereocenters. The third kappa shape index (κ3) is 5.42. The zero-order chi connectivity index (χ0) is 20.2. The maximum Gasteiger partial charge on any atom is 0.255 e. The van der Waals surface area contributed by atoms with Gasteiger partial charge in [0.05, 0.1) is 24.5 Å². The number of carbonyl (C=O) groups excluding carboxylic acids is 1. The van der Waals surface area contributed by atoms with E-state index in [-0.39, 0.29) is 11.5 Å². The number of carbonyl (C=O) groups is 1. The first-order chi connectivity index (χ1) is 13.3. The zero-order valence-electron chi connectivity index (χ0n) is 16.5. The molecule has 1 aromatic heterocycles. The first-order valence-electron chi connectivity index (χ1n) is 9.68. The normalized spacial score (nSPS) is 22.2. The minimum atomic E-state index is -3.14. The maximum absolute atomic E-state index is 12.7. The molecular formula is C19H29N3O5S. The molecule has 28 heavy (non-hydrogen) atoms. The van der Waals surface area contributed by atoms with Crippen LogP contribution < -0.4 is 9.46 Å². The molecule has 156 valence electrons. The van der Waals surface area contributed by atoms with Gasteiger partial charge in [-0.15, -0.1) is 0 Å². The summed E-state index contributed by atoms with van der Waals surface area (Å²) in [6.07, 6.45) is 7.03. The number of likely N-dealkylation sites (tertiary alicyclic amines) is 1. The summed E-state index contributed by atoms with van der Waals surface area (Å²) >= 11 is 0. The fourth-order valence-electron chi connectivity index (χ4n) is 4.10. The number of ether oxygens (including phenoxy) is 2. The molecule has 0 aliphatic carbocycles. The Bertz CT molecular complexity index is 773. The second-order valence-electron chi connectivity index (χ2n) is 7.73. The summed E-state index contributed by atoms with van der Waals surface area (Å²) in [6, 6.07) is 3.43. The average Bonchev–Trinajstić information content (AvgIpc) is 2.67. The van der Waals surface area contributed by atoms with Gasteiger partial charge in [0, 0.05) is 38.5 Å². The van der Waals surface area contributed by atoms with Crippen LogP contribution in [0.2, 0.25) is 0 Å². The lowest BCUT2D eigenvalue weighted by Gasteiger charge is -2.46. The van der Waals surface area contributed by atoms with Crippen molar-refractivity contribution in [2.45, 2.75) is 37.7 Å². The van der Waals surface area contributed by atoms with E-state index in [0.717, 1.165) is 32.1 Å². The standard InChI is InChI=1S/C19H29N3O5S/c1-26-17-4-3-16(14-20-17)18(23)22-10-7-19(8-11-22)13-15(6-12-27-19)5-9-21-28(2,24)25/h3-4,14-15,21H,5-13H2,1-2H3. The van der Waals surface area contributed by atoms with E-state index >= 15 is 0 Å². The molecule has 0 aromatic carbocycles. The van der Waals surface area contributed by atoms with E-state index in [4.69, 9.17) is 9.47 Å². The summed E-state index contributed by atoms with van der Waals surface area (Å²) < 4.78 is 36.2. The van der Waals surface area contributed by atoms with Gasteiger partial charge in [-0.25, -0.2) is 18.1 Å². The molecule has 3 heterocycles. The van der Waals surface area contributed by atoms with Crippen LogP contribution in [0.4, 0.5) is 0 Å². The molecule has 8 nitrogen and oxygen atoms in total. The molecule has 1 N–H and O–H groups in total. The first kappa shape index (κ1) is 21.0. The smallest absolute Gasteiger partial charge is 0.255 e. The summed E-state index contributed by atoms with van der Waals surface area (Å²) in [5, 5.41) is 0. The Morgan fingerprint density at radius 3 is 2.75 bits per heavy atom. The lowest BCUT2D eigenvalue weighted by atomic mass is 9.78. The summed E-state index contributed by atoms with van der Waals surface area (Å²) in [6.45, 7) is 2.47. The van der Waals surface area contributed by atoms with Crippen LogP contribution >= 0.6 is 0 Å². The van der Waals surface area contributed by atoms with E-state index in [2.05, 4.69) is 9.71 Å². The molecule has 1 atom stereocenters. The molecule has 9 heteroatoms. The Hall–Kier alpha value is -1.71. The fourth-order valence-corrected chi connectivity index (χ4v) is 4.59. The Morgan fingerprint density at radius 1 is 1.39 bits per heavy atom. The van der Waals surface area contributed by atoms with Crippen LogP contribution in [0.15, 0.2) is 18.3 Å². The number of sulfonamides is 1. The zero-order valence-corrected chi connectivity index (χ0v) is 17.3. The quantitative estimate of drug-likeness (QED) is 0.761. The largest absolute Gasteiger partial charge is 0.481 e. The van der Waals surface area contributed by atoms with E-state index < -0.39 is 10.0 Å². The number of aromatic nitrogens is 1. The van der Waals surface area contributed by atoms with Crippen molar-refractivity contribution in [2.75, 3.05) is 39.6 Å². The Morgan fingerprint density at radius 2 is 2.14 bits per heavy atom. The summed E-state index contributed by atoms with van der Waals surface area (Å²) in [7, 11) is -1.60. The van der Waals surface area contributed by atoms with E-state index in [1.54, 1.807) is 25.4 Å². The number of rotatable bonds is 6. The third-order valence-corrected chi connectivity index (χ3v) is 6.39. The van der Waals surface area contributed by atoms with E-state index in [1.165, 1.54) is 6.26 Å². The predicted octanol–water partition coefficient (Wildman–Crippen LogP) is 1.43. The highest BCUT2D eigenvalue weighted by Gasteiger charge is 2.41. The van der Waals surface area contributed by atoms with Gasteiger partial charge in [0.15, 0.2) is 0 Å². The van der Waals surface area contributed by atoms with Crippen molar-refractivity contribution in [3.8, 4) is 5.88 Å². The molecule has 2 fully saturated rings. The van der Waals surface area contributed by atoms with Gasteiger partial charge in [-0.05, 0) is 44.1 Å². The predicted molar refractivity (Wildman–Crippen MR) is 105 cm³/mol. The summed E-state index contributed by atoms with van der Waals surface area (Å²) in [4.78, 5) is 18.7. The fraction of sp³-hybridized carbons (Fsp3) is 0.684. The topological polar surface area (TPSA) is 97.8 Å². The van der Waals surface area contributed by atoms with Gasteiger partial charge >= 0.3 is 0 Å². The van der Waals surface area contributed by atoms with Crippen molar-refractivity contribution < 1.29 is 22.7 Å². The van der Waals surface area contributed by atoms with Gasteiger partial charge in [0.2, 0.25) is 15.9 Å². The van der Waals surface area contributed by atoms with Crippen LogP contribution in [0.3, 0.4) is 0 Å². The summed E-state index contributed by atoms with van der Waals surface area (Å²) in [5.41, 5.74) is 0.370. The highest BCUT2D eigenvalue weighted by Crippen LogP contribution is 2.38. The van der Waals surface area contributed by atoms with Gasteiger partial charge in [-0.1, -0.05) is 0 Å². The molecule has 0 saturated carbocycles.